The van der Waals surface area contributed by atoms with E-state index in [0.717, 1.165) is 18.9 Å². The van der Waals surface area contributed by atoms with E-state index in [1.54, 1.807) is 0 Å². The topological polar surface area (TPSA) is 29.3 Å². The minimum absolute atomic E-state index is 0.685. The van der Waals surface area contributed by atoms with Gasteiger partial charge in [-0.3, -0.25) is 0 Å². The third kappa shape index (κ3) is 6.68. The highest BCUT2D eigenvalue weighted by Crippen LogP contribution is 2.10. The molecule has 0 saturated heterocycles. The molecule has 0 fully saturated rings. The van der Waals surface area contributed by atoms with E-state index in [2.05, 4.69) is 32.1 Å². The number of hydrogen-bond donors (Lipinski definition) is 1. The molecule has 86 valence electrons. The highest BCUT2D eigenvalue weighted by Gasteiger charge is 2.11. The number of nitrogens with two attached hydrogens (primary N) is 1. The first-order valence-electron chi connectivity index (χ1n) is 5.51. The van der Waals surface area contributed by atoms with Crippen LogP contribution in [0, 0.1) is 5.92 Å². The van der Waals surface area contributed by atoms with Crippen LogP contribution >= 0.6 is 11.8 Å². The van der Waals surface area contributed by atoms with Crippen molar-refractivity contribution in [3.8, 4) is 0 Å². The van der Waals surface area contributed by atoms with Crippen LogP contribution in [-0.2, 0) is 0 Å². The third-order valence-electron chi connectivity index (χ3n) is 2.66. The Balaban J connectivity index is 3.63. The van der Waals surface area contributed by atoms with Gasteiger partial charge in [-0.15, -0.1) is 0 Å². The summed E-state index contributed by atoms with van der Waals surface area (Å²) in [6, 6.07) is 0.685. The quantitative estimate of drug-likeness (QED) is 0.676. The van der Waals surface area contributed by atoms with Crippen molar-refractivity contribution in [2.45, 2.75) is 32.7 Å². The van der Waals surface area contributed by atoms with Crippen molar-refractivity contribution < 1.29 is 0 Å². The summed E-state index contributed by atoms with van der Waals surface area (Å²) in [5.74, 6) is 1.99. The van der Waals surface area contributed by atoms with Gasteiger partial charge < -0.3 is 10.6 Å². The molecule has 14 heavy (non-hydrogen) atoms. The van der Waals surface area contributed by atoms with Crippen LogP contribution in [0.25, 0.3) is 0 Å². The molecule has 0 amide bonds. The SMILES string of the molecule is CSCC(C)N(C)CC(C)CCCN. The zero-order valence-electron chi connectivity index (χ0n) is 10.1. The summed E-state index contributed by atoms with van der Waals surface area (Å²) >= 11 is 1.92. The van der Waals surface area contributed by atoms with Crippen LogP contribution in [0.1, 0.15) is 26.7 Å². The van der Waals surface area contributed by atoms with E-state index in [1.807, 2.05) is 11.8 Å². The Bertz CT molecular complexity index is 130. The van der Waals surface area contributed by atoms with Crippen molar-refractivity contribution in [1.29, 1.82) is 0 Å². The molecule has 0 aromatic rings. The van der Waals surface area contributed by atoms with Gasteiger partial charge in [-0.2, -0.15) is 11.8 Å². The number of thioether (sulfide) groups is 1. The third-order valence-corrected chi connectivity index (χ3v) is 3.48. The van der Waals surface area contributed by atoms with Gasteiger partial charge in [-0.25, -0.2) is 0 Å². The zero-order valence-corrected chi connectivity index (χ0v) is 10.9. The van der Waals surface area contributed by atoms with Gasteiger partial charge in [-0.05, 0) is 45.5 Å². The Morgan fingerprint density at radius 3 is 2.50 bits per heavy atom. The Morgan fingerprint density at radius 1 is 1.36 bits per heavy atom. The first-order chi connectivity index (χ1) is 6.61. The summed E-state index contributed by atoms with van der Waals surface area (Å²) in [6.07, 6.45) is 4.58. The molecule has 2 nitrogen and oxygen atoms in total. The second-order valence-electron chi connectivity index (χ2n) is 4.28. The maximum atomic E-state index is 5.50. The molecular weight excluding hydrogens is 192 g/mol. The molecule has 0 bridgehead atoms. The summed E-state index contributed by atoms with van der Waals surface area (Å²) in [4.78, 5) is 2.46. The van der Waals surface area contributed by atoms with Crippen molar-refractivity contribution in [1.82, 2.24) is 4.90 Å². The maximum absolute atomic E-state index is 5.50. The Hall–Kier alpha value is 0.270. The first-order valence-corrected chi connectivity index (χ1v) is 6.90. The molecule has 0 spiro atoms. The molecule has 0 aromatic carbocycles. The molecule has 2 unspecified atom stereocenters. The molecule has 2 atom stereocenters. The monoisotopic (exact) mass is 218 g/mol. The van der Waals surface area contributed by atoms with Crippen LogP contribution in [0.3, 0.4) is 0 Å². The van der Waals surface area contributed by atoms with Crippen molar-refractivity contribution >= 4 is 11.8 Å². The van der Waals surface area contributed by atoms with E-state index in [-0.39, 0.29) is 0 Å². The smallest absolute Gasteiger partial charge is 0.0155 e. The van der Waals surface area contributed by atoms with E-state index in [4.69, 9.17) is 5.73 Å². The summed E-state index contributed by atoms with van der Waals surface area (Å²) in [5.41, 5.74) is 5.50. The minimum Gasteiger partial charge on any atom is -0.330 e. The largest absolute Gasteiger partial charge is 0.330 e. The highest BCUT2D eigenvalue weighted by atomic mass is 32.2. The predicted molar refractivity (Wildman–Crippen MR) is 67.9 cm³/mol. The van der Waals surface area contributed by atoms with Crippen molar-refractivity contribution in [2.24, 2.45) is 11.7 Å². The second-order valence-corrected chi connectivity index (χ2v) is 5.19. The molecule has 0 radical (unpaired) electrons. The van der Waals surface area contributed by atoms with E-state index in [0.29, 0.717) is 6.04 Å². The van der Waals surface area contributed by atoms with Crippen molar-refractivity contribution in [2.75, 3.05) is 32.1 Å². The summed E-state index contributed by atoms with van der Waals surface area (Å²) in [7, 11) is 2.22. The van der Waals surface area contributed by atoms with Crippen LogP contribution in [0.15, 0.2) is 0 Å². The van der Waals surface area contributed by atoms with E-state index in [9.17, 15) is 0 Å². The van der Waals surface area contributed by atoms with Gasteiger partial charge in [0.1, 0.15) is 0 Å². The molecule has 0 heterocycles. The van der Waals surface area contributed by atoms with Crippen LogP contribution in [0.2, 0.25) is 0 Å². The average molecular weight is 218 g/mol. The standard InChI is InChI=1S/C11H26N2S/c1-10(6-5-7-12)8-13(3)11(2)9-14-4/h10-11H,5-9,12H2,1-4H3. The molecule has 0 saturated carbocycles. The van der Waals surface area contributed by atoms with Gasteiger partial charge in [0.15, 0.2) is 0 Å². The molecule has 0 rings (SSSR count). The van der Waals surface area contributed by atoms with E-state index in [1.165, 1.54) is 18.7 Å². The lowest BCUT2D eigenvalue weighted by molar-refractivity contribution is 0.234. The fraction of sp³-hybridized carbons (Fsp3) is 1.00. The summed E-state index contributed by atoms with van der Waals surface area (Å²) < 4.78 is 0. The molecule has 3 heteroatoms. The molecule has 0 aliphatic heterocycles. The lowest BCUT2D eigenvalue weighted by atomic mass is 10.0. The molecular formula is C11H26N2S. The van der Waals surface area contributed by atoms with Gasteiger partial charge in [0, 0.05) is 18.3 Å². The van der Waals surface area contributed by atoms with Crippen molar-refractivity contribution in [3.05, 3.63) is 0 Å². The fourth-order valence-corrected chi connectivity index (χ4v) is 2.33. The Labute approximate surface area is 93.6 Å². The molecule has 0 aliphatic rings. The van der Waals surface area contributed by atoms with Gasteiger partial charge in [0.25, 0.3) is 0 Å². The van der Waals surface area contributed by atoms with Gasteiger partial charge in [0.2, 0.25) is 0 Å². The van der Waals surface area contributed by atoms with E-state index < -0.39 is 0 Å². The van der Waals surface area contributed by atoms with E-state index >= 15 is 0 Å². The normalized spacial score (nSPS) is 15.9. The average Bonchev–Trinajstić information content (AvgIpc) is 2.15. The molecule has 0 aliphatic carbocycles. The molecule has 2 N–H and O–H groups in total. The van der Waals surface area contributed by atoms with Gasteiger partial charge in [-0.1, -0.05) is 6.92 Å². The van der Waals surface area contributed by atoms with Crippen LogP contribution < -0.4 is 5.73 Å². The Kier molecular flexibility index (Phi) is 8.73. The lowest BCUT2D eigenvalue weighted by Crippen LogP contribution is -2.34. The summed E-state index contributed by atoms with van der Waals surface area (Å²) in [5, 5.41) is 0. The maximum Gasteiger partial charge on any atom is 0.0155 e. The minimum atomic E-state index is 0.685. The molecule has 0 aromatic heterocycles. The highest BCUT2D eigenvalue weighted by molar-refractivity contribution is 7.98. The predicted octanol–water partition coefficient (Wildman–Crippen LogP) is 2.04. The van der Waals surface area contributed by atoms with Gasteiger partial charge >= 0.3 is 0 Å². The number of hydrogen-bond acceptors (Lipinski definition) is 3. The summed E-state index contributed by atoms with van der Waals surface area (Å²) in [6.45, 7) is 6.64. The first kappa shape index (κ1) is 14.3. The zero-order chi connectivity index (χ0) is 11.0. The fourth-order valence-electron chi connectivity index (χ4n) is 1.60. The van der Waals surface area contributed by atoms with Crippen LogP contribution in [-0.4, -0.2) is 43.1 Å². The van der Waals surface area contributed by atoms with Crippen LogP contribution in [0.5, 0.6) is 0 Å². The number of nitrogens with zero attached hydrogens (tertiary/aromatic N) is 1. The van der Waals surface area contributed by atoms with Crippen LogP contribution in [0.4, 0.5) is 0 Å². The lowest BCUT2D eigenvalue weighted by Gasteiger charge is -2.27. The number of rotatable bonds is 8. The Morgan fingerprint density at radius 2 is 2.00 bits per heavy atom. The second kappa shape index (κ2) is 8.57. The van der Waals surface area contributed by atoms with Gasteiger partial charge in [0.05, 0.1) is 0 Å². The van der Waals surface area contributed by atoms with Crippen molar-refractivity contribution in [3.63, 3.8) is 0 Å².